The van der Waals surface area contributed by atoms with E-state index in [9.17, 15) is 4.79 Å². The van der Waals surface area contributed by atoms with Crippen LogP contribution in [0.25, 0.3) is 6.08 Å². The van der Waals surface area contributed by atoms with Gasteiger partial charge in [-0.25, -0.2) is 9.42 Å². The molecule has 1 aromatic carbocycles. The summed E-state index contributed by atoms with van der Waals surface area (Å²) in [7, 11) is 0. The normalized spacial score (nSPS) is 10.8. The molecule has 2 aromatic rings. The maximum atomic E-state index is 10.5. The van der Waals surface area contributed by atoms with Gasteiger partial charge in [-0.05, 0) is 19.1 Å². The van der Waals surface area contributed by atoms with Crippen LogP contribution in [0.15, 0.2) is 35.0 Å². The molecule has 0 aliphatic carbocycles. The molecule has 0 fully saturated rings. The van der Waals surface area contributed by atoms with E-state index in [1.165, 1.54) is 6.08 Å². The van der Waals surface area contributed by atoms with Crippen LogP contribution in [0.2, 0.25) is 0 Å². The number of carboxylic acids is 1. The molecule has 0 atom stereocenters. The van der Waals surface area contributed by atoms with Gasteiger partial charge in [0.15, 0.2) is 0 Å². The van der Waals surface area contributed by atoms with Gasteiger partial charge >= 0.3 is 5.97 Å². The molecule has 6 heteroatoms. The molecule has 0 spiro atoms. The standard InChI is InChI=1S/C13H12N2O4/c1-9-11(15-19-14-9)8-18-12-5-3-2-4-10(12)6-7-13(16)17/h2-7H,8H2,1H3,(H,16,17). The van der Waals surface area contributed by atoms with Crippen LogP contribution in [0.4, 0.5) is 0 Å². The fourth-order valence-electron chi connectivity index (χ4n) is 1.44. The molecule has 0 aliphatic heterocycles. The summed E-state index contributed by atoms with van der Waals surface area (Å²) in [6, 6.07) is 7.13. The maximum absolute atomic E-state index is 10.5. The van der Waals surface area contributed by atoms with E-state index in [-0.39, 0.29) is 6.61 Å². The Bertz CT molecular complexity index is 604. The fraction of sp³-hybridized carbons (Fsp3) is 0.154. The quantitative estimate of drug-likeness (QED) is 0.828. The average molecular weight is 260 g/mol. The average Bonchev–Trinajstić information content (AvgIpc) is 2.80. The highest BCUT2D eigenvalue weighted by Crippen LogP contribution is 2.20. The number of carbonyl (C=O) groups is 1. The van der Waals surface area contributed by atoms with E-state index in [4.69, 9.17) is 9.84 Å². The first-order chi connectivity index (χ1) is 9.16. The van der Waals surface area contributed by atoms with Crippen molar-refractivity contribution in [3.8, 4) is 5.75 Å². The van der Waals surface area contributed by atoms with Gasteiger partial charge in [-0.1, -0.05) is 28.5 Å². The summed E-state index contributed by atoms with van der Waals surface area (Å²) in [6.07, 6.45) is 2.54. The smallest absolute Gasteiger partial charge is 0.328 e. The number of benzene rings is 1. The lowest BCUT2D eigenvalue weighted by Gasteiger charge is -2.07. The van der Waals surface area contributed by atoms with E-state index in [2.05, 4.69) is 14.9 Å². The molecule has 98 valence electrons. The number of hydrogen-bond donors (Lipinski definition) is 1. The molecule has 0 aliphatic rings. The lowest BCUT2D eigenvalue weighted by atomic mass is 10.2. The minimum Gasteiger partial charge on any atom is -0.486 e. The predicted molar refractivity (Wildman–Crippen MR) is 66.5 cm³/mol. The number of carboxylic acid groups (broad SMARTS) is 1. The number of ether oxygens (including phenoxy) is 1. The Hall–Kier alpha value is -2.63. The van der Waals surface area contributed by atoms with E-state index in [1.807, 2.05) is 0 Å². The van der Waals surface area contributed by atoms with Crippen molar-refractivity contribution in [1.82, 2.24) is 10.3 Å². The van der Waals surface area contributed by atoms with Crippen molar-refractivity contribution in [3.63, 3.8) is 0 Å². The number of rotatable bonds is 5. The summed E-state index contributed by atoms with van der Waals surface area (Å²) >= 11 is 0. The summed E-state index contributed by atoms with van der Waals surface area (Å²) in [5.74, 6) is -0.436. The van der Waals surface area contributed by atoms with Crippen molar-refractivity contribution in [2.75, 3.05) is 0 Å². The molecule has 1 aromatic heterocycles. The van der Waals surface area contributed by atoms with Crippen molar-refractivity contribution in [1.29, 1.82) is 0 Å². The van der Waals surface area contributed by atoms with Gasteiger partial charge < -0.3 is 9.84 Å². The number of para-hydroxylation sites is 1. The first-order valence-corrected chi connectivity index (χ1v) is 5.57. The molecule has 0 saturated carbocycles. The molecule has 0 bridgehead atoms. The van der Waals surface area contributed by atoms with Crippen LogP contribution >= 0.6 is 0 Å². The fourth-order valence-corrected chi connectivity index (χ4v) is 1.44. The summed E-state index contributed by atoms with van der Waals surface area (Å²) in [5, 5.41) is 16.0. The Morgan fingerprint density at radius 3 is 2.89 bits per heavy atom. The number of nitrogens with zero attached hydrogens (tertiary/aromatic N) is 2. The molecule has 1 N–H and O–H groups in total. The second-order valence-electron chi connectivity index (χ2n) is 3.79. The van der Waals surface area contributed by atoms with E-state index in [1.54, 1.807) is 31.2 Å². The van der Waals surface area contributed by atoms with Gasteiger partial charge in [0.2, 0.25) is 0 Å². The number of hydrogen-bond acceptors (Lipinski definition) is 5. The van der Waals surface area contributed by atoms with Gasteiger partial charge in [0.05, 0.1) is 0 Å². The third kappa shape index (κ3) is 3.41. The number of aromatic nitrogens is 2. The zero-order valence-electron chi connectivity index (χ0n) is 10.2. The van der Waals surface area contributed by atoms with E-state index in [0.29, 0.717) is 22.7 Å². The van der Waals surface area contributed by atoms with Gasteiger partial charge in [-0.3, -0.25) is 0 Å². The van der Waals surface area contributed by atoms with Crippen LogP contribution in [0.5, 0.6) is 5.75 Å². The SMILES string of the molecule is Cc1nonc1COc1ccccc1C=CC(=O)O. The van der Waals surface area contributed by atoms with E-state index < -0.39 is 5.97 Å². The summed E-state index contributed by atoms with van der Waals surface area (Å²) in [5.41, 5.74) is 1.95. The molecule has 1 heterocycles. The van der Waals surface area contributed by atoms with Crippen molar-refractivity contribution in [2.24, 2.45) is 0 Å². The lowest BCUT2D eigenvalue weighted by Crippen LogP contribution is -1.99. The highest BCUT2D eigenvalue weighted by Gasteiger charge is 2.07. The number of aliphatic carboxylic acids is 1. The van der Waals surface area contributed by atoms with Crippen molar-refractivity contribution in [3.05, 3.63) is 47.3 Å². The second-order valence-corrected chi connectivity index (χ2v) is 3.79. The summed E-state index contributed by atoms with van der Waals surface area (Å²) in [6.45, 7) is 1.98. The summed E-state index contributed by atoms with van der Waals surface area (Å²) < 4.78 is 10.2. The minimum atomic E-state index is -1.01. The zero-order chi connectivity index (χ0) is 13.7. The Kier molecular flexibility index (Phi) is 3.92. The maximum Gasteiger partial charge on any atom is 0.328 e. The van der Waals surface area contributed by atoms with Crippen molar-refractivity contribution in [2.45, 2.75) is 13.5 Å². The van der Waals surface area contributed by atoms with Crippen LogP contribution in [0, 0.1) is 6.92 Å². The van der Waals surface area contributed by atoms with Gasteiger partial charge in [0.25, 0.3) is 0 Å². The van der Waals surface area contributed by atoms with Crippen molar-refractivity contribution < 1.29 is 19.3 Å². The zero-order valence-corrected chi connectivity index (χ0v) is 10.2. The minimum absolute atomic E-state index is 0.216. The highest BCUT2D eigenvalue weighted by molar-refractivity contribution is 5.85. The molecular weight excluding hydrogens is 248 g/mol. The van der Waals surface area contributed by atoms with Crippen LogP contribution < -0.4 is 4.74 Å². The van der Waals surface area contributed by atoms with Gasteiger partial charge in [-0.2, -0.15) is 0 Å². The monoisotopic (exact) mass is 260 g/mol. The lowest BCUT2D eigenvalue weighted by molar-refractivity contribution is -0.131. The molecule has 2 rings (SSSR count). The van der Waals surface area contributed by atoms with Crippen LogP contribution in [0.1, 0.15) is 17.0 Å². The molecule has 0 amide bonds. The molecule has 0 saturated heterocycles. The molecular formula is C13H12N2O4. The van der Waals surface area contributed by atoms with Crippen molar-refractivity contribution >= 4 is 12.0 Å². The second kappa shape index (κ2) is 5.81. The Labute approximate surface area is 109 Å². The third-order valence-corrected chi connectivity index (χ3v) is 2.44. The topological polar surface area (TPSA) is 85.5 Å². The first kappa shape index (κ1) is 12.8. The molecule has 6 nitrogen and oxygen atoms in total. The van der Waals surface area contributed by atoms with Crippen LogP contribution in [-0.2, 0) is 11.4 Å². The Morgan fingerprint density at radius 2 is 2.21 bits per heavy atom. The molecule has 0 radical (unpaired) electrons. The van der Waals surface area contributed by atoms with Gasteiger partial charge in [0.1, 0.15) is 23.7 Å². The van der Waals surface area contributed by atoms with E-state index in [0.717, 1.165) is 6.08 Å². The Morgan fingerprint density at radius 1 is 1.42 bits per heavy atom. The third-order valence-electron chi connectivity index (χ3n) is 2.44. The predicted octanol–water partition coefficient (Wildman–Crippen LogP) is 2.05. The summed E-state index contributed by atoms with van der Waals surface area (Å²) in [4.78, 5) is 10.5. The molecule has 0 unspecified atom stereocenters. The van der Waals surface area contributed by atoms with Crippen LogP contribution in [-0.4, -0.2) is 21.4 Å². The largest absolute Gasteiger partial charge is 0.486 e. The van der Waals surface area contributed by atoms with Crippen LogP contribution in [0.3, 0.4) is 0 Å². The van der Waals surface area contributed by atoms with Gasteiger partial charge in [-0.15, -0.1) is 0 Å². The molecule has 19 heavy (non-hydrogen) atoms. The highest BCUT2D eigenvalue weighted by atomic mass is 16.6. The number of aryl methyl sites for hydroxylation is 1. The first-order valence-electron chi connectivity index (χ1n) is 5.57. The Balaban J connectivity index is 2.12. The van der Waals surface area contributed by atoms with Gasteiger partial charge in [0, 0.05) is 11.6 Å². The van der Waals surface area contributed by atoms with E-state index >= 15 is 0 Å².